The van der Waals surface area contributed by atoms with Gasteiger partial charge in [-0.3, -0.25) is 4.98 Å². The van der Waals surface area contributed by atoms with Crippen molar-refractivity contribution in [2.75, 3.05) is 5.32 Å². The van der Waals surface area contributed by atoms with Crippen LogP contribution in [0.2, 0.25) is 5.02 Å². The molecule has 0 aliphatic carbocycles. The number of ether oxygens (including phenoxy) is 1. The van der Waals surface area contributed by atoms with Gasteiger partial charge < -0.3 is 10.1 Å². The second-order valence-electron chi connectivity index (χ2n) is 8.21. The summed E-state index contributed by atoms with van der Waals surface area (Å²) in [5.74, 6) is 2.60. The van der Waals surface area contributed by atoms with Gasteiger partial charge in [0.25, 0.3) is 0 Å². The molecule has 0 saturated carbocycles. The van der Waals surface area contributed by atoms with Crippen molar-refractivity contribution in [2.45, 2.75) is 26.7 Å². The summed E-state index contributed by atoms with van der Waals surface area (Å²) in [6.07, 6.45) is 4.78. The lowest BCUT2D eigenvalue weighted by Crippen LogP contribution is -1.99. The van der Waals surface area contributed by atoms with E-state index in [0.29, 0.717) is 46.7 Å². The monoisotopic (exact) mass is 498 g/mol. The number of rotatable bonds is 8. The summed E-state index contributed by atoms with van der Waals surface area (Å²) < 4.78 is 6.27. The van der Waals surface area contributed by atoms with Crippen molar-refractivity contribution >= 4 is 23.1 Å². The second kappa shape index (κ2) is 10.5. The molecule has 0 spiro atoms. The standard InChI is InChI=1S/C26H23ClN8O/c1-16-13-23(26(30-17(16)2)22-5-3-4-11-28-22)36-20-10-12-29-25(15-20)31-19-7-8-21(27)18(14-19)6-9-24-32-34-35-33-24/h3-5,7-8,10-15H,6,9H2,1-2H3,(H,29,31)(H,32,33,34,35). The number of benzene rings is 1. The first kappa shape index (κ1) is 23.4. The zero-order valence-corrected chi connectivity index (χ0v) is 20.5. The number of tetrazole rings is 1. The van der Waals surface area contributed by atoms with Crippen LogP contribution >= 0.6 is 11.6 Å². The van der Waals surface area contributed by atoms with Crippen LogP contribution in [0.4, 0.5) is 11.5 Å². The zero-order valence-electron chi connectivity index (χ0n) is 19.7. The number of anilines is 2. The molecule has 0 radical (unpaired) electrons. The van der Waals surface area contributed by atoms with E-state index < -0.39 is 0 Å². The van der Waals surface area contributed by atoms with E-state index in [9.17, 15) is 0 Å². The summed E-state index contributed by atoms with van der Waals surface area (Å²) in [6.45, 7) is 3.98. The van der Waals surface area contributed by atoms with Gasteiger partial charge in [0.05, 0.1) is 5.69 Å². The van der Waals surface area contributed by atoms with Crippen molar-refractivity contribution in [1.82, 2.24) is 35.6 Å². The average Bonchev–Trinajstić information content (AvgIpc) is 3.41. The molecular formula is C26H23ClN8O. The largest absolute Gasteiger partial charge is 0.455 e. The number of hydrogen-bond acceptors (Lipinski definition) is 8. The topological polar surface area (TPSA) is 114 Å². The Labute approximate surface area is 213 Å². The van der Waals surface area contributed by atoms with Crippen molar-refractivity contribution < 1.29 is 4.74 Å². The Morgan fingerprint density at radius 2 is 1.89 bits per heavy atom. The van der Waals surface area contributed by atoms with Crippen LogP contribution in [-0.2, 0) is 12.8 Å². The molecule has 5 aromatic rings. The van der Waals surface area contributed by atoms with E-state index in [1.165, 1.54) is 0 Å². The number of aromatic amines is 1. The molecule has 5 rings (SSSR count). The summed E-state index contributed by atoms with van der Waals surface area (Å²) in [7, 11) is 0. The molecule has 180 valence electrons. The summed E-state index contributed by atoms with van der Waals surface area (Å²) in [4.78, 5) is 13.6. The van der Waals surface area contributed by atoms with Gasteiger partial charge in [-0.15, -0.1) is 5.10 Å². The lowest BCUT2D eigenvalue weighted by molar-refractivity contribution is 0.481. The van der Waals surface area contributed by atoms with E-state index in [0.717, 1.165) is 28.2 Å². The summed E-state index contributed by atoms with van der Waals surface area (Å²) in [5, 5.41) is 17.9. The molecule has 1 aromatic carbocycles. The van der Waals surface area contributed by atoms with Crippen molar-refractivity contribution in [3.05, 3.63) is 94.7 Å². The van der Waals surface area contributed by atoms with E-state index >= 15 is 0 Å². The predicted octanol–water partition coefficient (Wildman–Crippen LogP) is 5.64. The van der Waals surface area contributed by atoms with Gasteiger partial charge in [0.15, 0.2) is 5.75 Å². The van der Waals surface area contributed by atoms with Crippen LogP contribution in [0.15, 0.2) is 67.0 Å². The van der Waals surface area contributed by atoms with Crippen molar-refractivity contribution in [2.24, 2.45) is 0 Å². The Morgan fingerprint density at radius 1 is 0.972 bits per heavy atom. The van der Waals surface area contributed by atoms with E-state index in [2.05, 4.69) is 35.9 Å². The van der Waals surface area contributed by atoms with E-state index in [1.54, 1.807) is 18.5 Å². The van der Waals surface area contributed by atoms with Crippen LogP contribution in [0, 0.1) is 13.8 Å². The Morgan fingerprint density at radius 3 is 2.69 bits per heavy atom. The van der Waals surface area contributed by atoms with Gasteiger partial charge in [0.2, 0.25) is 0 Å². The molecule has 9 nitrogen and oxygen atoms in total. The van der Waals surface area contributed by atoms with Gasteiger partial charge in [0.1, 0.15) is 23.1 Å². The van der Waals surface area contributed by atoms with Crippen LogP contribution < -0.4 is 10.1 Å². The Hall–Kier alpha value is -4.37. The Balaban J connectivity index is 1.36. The third kappa shape index (κ3) is 5.47. The quantitative estimate of drug-likeness (QED) is 0.282. The Bertz CT molecular complexity index is 1480. The molecule has 2 N–H and O–H groups in total. The molecule has 0 atom stereocenters. The first-order chi connectivity index (χ1) is 17.5. The number of nitrogens with zero attached hydrogens (tertiary/aromatic N) is 6. The number of aryl methyl sites for hydroxylation is 4. The molecule has 36 heavy (non-hydrogen) atoms. The molecule has 0 saturated heterocycles. The smallest absolute Gasteiger partial charge is 0.155 e. The van der Waals surface area contributed by atoms with Crippen molar-refractivity contribution in [3.8, 4) is 22.9 Å². The SMILES string of the molecule is Cc1cc(Oc2ccnc(Nc3ccc(Cl)c(CCc4nnn[nH]4)c3)c2)c(-c2ccccn2)nc1C. The Kier molecular flexibility index (Phi) is 6.81. The third-order valence-electron chi connectivity index (χ3n) is 5.64. The second-order valence-corrected chi connectivity index (χ2v) is 8.62. The van der Waals surface area contributed by atoms with Crippen LogP contribution in [0.5, 0.6) is 11.5 Å². The molecule has 4 aromatic heterocycles. The van der Waals surface area contributed by atoms with Gasteiger partial charge in [0, 0.05) is 41.3 Å². The highest BCUT2D eigenvalue weighted by molar-refractivity contribution is 6.31. The van der Waals surface area contributed by atoms with Crippen LogP contribution in [0.3, 0.4) is 0 Å². The van der Waals surface area contributed by atoms with Gasteiger partial charge in [-0.05, 0) is 84.3 Å². The molecule has 0 aliphatic heterocycles. The number of H-pyrrole nitrogens is 1. The maximum Gasteiger partial charge on any atom is 0.155 e. The minimum atomic E-state index is 0.627. The molecule has 0 aliphatic rings. The lowest BCUT2D eigenvalue weighted by atomic mass is 10.1. The van der Waals surface area contributed by atoms with Gasteiger partial charge in [-0.25, -0.2) is 15.1 Å². The number of nitrogens with one attached hydrogen (secondary N) is 2. The van der Waals surface area contributed by atoms with Gasteiger partial charge in [-0.2, -0.15) is 0 Å². The normalized spacial score (nSPS) is 10.9. The number of pyridine rings is 3. The fraction of sp³-hybridized carbons (Fsp3) is 0.154. The van der Waals surface area contributed by atoms with Gasteiger partial charge in [-0.1, -0.05) is 17.7 Å². The van der Waals surface area contributed by atoms with Gasteiger partial charge >= 0.3 is 0 Å². The molecular weight excluding hydrogens is 476 g/mol. The molecule has 0 fully saturated rings. The third-order valence-corrected chi connectivity index (χ3v) is 6.01. The molecule has 10 heteroatoms. The fourth-order valence-corrected chi connectivity index (χ4v) is 3.86. The molecule has 0 amide bonds. The molecule has 4 heterocycles. The van der Waals surface area contributed by atoms with E-state index in [-0.39, 0.29) is 0 Å². The first-order valence-electron chi connectivity index (χ1n) is 11.4. The van der Waals surface area contributed by atoms with Crippen molar-refractivity contribution in [1.29, 1.82) is 0 Å². The van der Waals surface area contributed by atoms with Crippen LogP contribution in [-0.4, -0.2) is 35.6 Å². The van der Waals surface area contributed by atoms with Crippen LogP contribution in [0.25, 0.3) is 11.4 Å². The predicted molar refractivity (Wildman–Crippen MR) is 138 cm³/mol. The number of aromatic nitrogens is 7. The summed E-state index contributed by atoms with van der Waals surface area (Å²) >= 11 is 6.41. The van der Waals surface area contributed by atoms with E-state index in [4.69, 9.17) is 21.3 Å². The maximum atomic E-state index is 6.41. The minimum absolute atomic E-state index is 0.627. The maximum absolute atomic E-state index is 6.41. The summed E-state index contributed by atoms with van der Waals surface area (Å²) in [6, 6.07) is 17.1. The highest BCUT2D eigenvalue weighted by Gasteiger charge is 2.14. The molecule has 0 bridgehead atoms. The molecule has 0 unspecified atom stereocenters. The summed E-state index contributed by atoms with van der Waals surface area (Å²) in [5.41, 5.74) is 5.24. The highest BCUT2D eigenvalue weighted by Crippen LogP contribution is 2.33. The minimum Gasteiger partial charge on any atom is -0.455 e. The zero-order chi connectivity index (χ0) is 24.9. The first-order valence-corrected chi connectivity index (χ1v) is 11.7. The average molecular weight is 499 g/mol. The van der Waals surface area contributed by atoms with Crippen molar-refractivity contribution in [3.63, 3.8) is 0 Å². The fourth-order valence-electron chi connectivity index (χ4n) is 3.64. The highest BCUT2D eigenvalue weighted by atomic mass is 35.5. The van der Waals surface area contributed by atoms with Crippen LogP contribution in [0.1, 0.15) is 22.6 Å². The number of hydrogen-bond donors (Lipinski definition) is 2. The number of halogens is 1. The van der Waals surface area contributed by atoms with E-state index in [1.807, 2.05) is 62.4 Å². The lowest BCUT2D eigenvalue weighted by Gasteiger charge is -2.14.